The second-order valence-corrected chi connectivity index (χ2v) is 7.35. The van der Waals surface area contributed by atoms with E-state index in [2.05, 4.69) is 16.7 Å². The summed E-state index contributed by atoms with van der Waals surface area (Å²) < 4.78 is 6.36. The van der Waals surface area contributed by atoms with Crippen LogP contribution >= 0.6 is 0 Å². The first kappa shape index (κ1) is 15.0. The second kappa shape index (κ2) is 6.16. The molecule has 124 valence electrons. The highest BCUT2D eigenvalue weighted by atomic mass is 16.5. The van der Waals surface area contributed by atoms with Crippen LogP contribution in [0, 0.1) is 0 Å². The van der Waals surface area contributed by atoms with Crippen molar-refractivity contribution in [2.45, 2.75) is 69.1 Å². The van der Waals surface area contributed by atoms with Crippen molar-refractivity contribution in [3.63, 3.8) is 0 Å². The minimum Gasteiger partial charge on any atom is -0.487 e. The molecule has 2 aliphatic heterocycles. The number of hydrogen-bond acceptors (Lipinski definition) is 3. The Hall–Kier alpha value is -1.55. The third kappa shape index (κ3) is 3.09. The van der Waals surface area contributed by atoms with Crippen LogP contribution in [-0.4, -0.2) is 24.1 Å². The number of carbonyl (C=O) groups is 1. The number of benzene rings is 1. The van der Waals surface area contributed by atoms with Gasteiger partial charge in [0, 0.05) is 24.4 Å². The van der Waals surface area contributed by atoms with E-state index in [-0.39, 0.29) is 17.6 Å². The molecule has 2 atom stereocenters. The van der Waals surface area contributed by atoms with Crippen molar-refractivity contribution < 1.29 is 9.53 Å². The Morgan fingerprint density at radius 1 is 1.26 bits per heavy atom. The van der Waals surface area contributed by atoms with Gasteiger partial charge >= 0.3 is 0 Å². The van der Waals surface area contributed by atoms with Crippen molar-refractivity contribution in [2.24, 2.45) is 0 Å². The average Bonchev–Trinajstić information content (AvgIpc) is 3.20. The molecule has 23 heavy (non-hydrogen) atoms. The number of nitrogens with one attached hydrogen (secondary N) is 2. The lowest BCUT2D eigenvalue weighted by Crippen LogP contribution is -2.44. The van der Waals surface area contributed by atoms with E-state index in [1.165, 1.54) is 19.3 Å². The number of rotatable bonds is 3. The quantitative estimate of drug-likeness (QED) is 0.901. The molecule has 0 aromatic heterocycles. The van der Waals surface area contributed by atoms with Gasteiger partial charge in [-0.05, 0) is 51.1 Å². The van der Waals surface area contributed by atoms with Crippen LogP contribution in [0.15, 0.2) is 24.3 Å². The van der Waals surface area contributed by atoms with E-state index in [0.29, 0.717) is 12.5 Å². The summed E-state index contributed by atoms with van der Waals surface area (Å²) >= 11 is 0. The Kier molecular flexibility index (Phi) is 4.02. The lowest BCUT2D eigenvalue weighted by molar-refractivity contribution is -0.122. The Bertz CT molecular complexity index is 574. The molecule has 4 heteroatoms. The van der Waals surface area contributed by atoms with Crippen LogP contribution < -0.4 is 15.4 Å². The number of para-hydroxylation sites is 1. The molecule has 2 heterocycles. The molecule has 1 aliphatic carbocycles. The van der Waals surface area contributed by atoms with Crippen molar-refractivity contribution in [1.29, 1.82) is 0 Å². The van der Waals surface area contributed by atoms with Crippen molar-refractivity contribution in [3.8, 4) is 5.75 Å². The molecule has 4 nitrogen and oxygen atoms in total. The zero-order valence-corrected chi connectivity index (χ0v) is 13.6. The fourth-order valence-electron chi connectivity index (χ4n) is 4.48. The number of fused-ring (bicyclic) bond motifs is 1. The summed E-state index contributed by atoms with van der Waals surface area (Å²) in [4.78, 5) is 12.5. The molecule has 2 fully saturated rings. The van der Waals surface area contributed by atoms with Crippen LogP contribution in [-0.2, 0) is 4.79 Å². The highest BCUT2D eigenvalue weighted by molar-refractivity contribution is 5.77. The van der Waals surface area contributed by atoms with E-state index in [1.807, 2.05) is 18.2 Å². The normalized spacial score (nSPS) is 28.3. The predicted molar refractivity (Wildman–Crippen MR) is 89.4 cm³/mol. The molecule has 0 radical (unpaired) electrons. The van der Waals surface area contributed by atoms with Crippen LogP contribution in [0.4, 0.5) is 0 Å². The molecule has 1 spiro atoms. The fraction of sp³-hybridized carbons (Fsp3) is 0.632. The summed E-state index contributed by atoms with van der Waals surface area (Å²) in [5, 5.41) is 6.70. The van der Waals surface area contributed by atoms with Gasteiger partial charge in [-0.3, -0.25) is 4.79 Å². The van der Waals surface area contributed by atoms with Gasteiger partial charge in [-0.2, -0.15) is 0 Å². The zero-order chi connectivity index (χ0) is 15.7. The third-order valence-corrected chi connectivity index (χ3v) is 5.64. The summed E-state index contributed by atoms with van der Waals surface area (Å²) in [5.74, 6) is 1.13. The van der Waals surface area contributed by atoms with Gasteiger partial charge in [0.05, 0.1) is 6.04 Å². The van der Waals surface area contributed by atoms with E-state index in [0.717, 1.165) is 43.5 Å². The van der Waals surface area contributed by atoms with Gasteiger partial charge in [-0.15, -0.1) is 0 Å². The monoisotopic (exact) mass is 314 g/mol. The number of ether oxygens (including phenoxy) is 1. The van der Waals surface area contributed by atoms with Crippen molar-refractivity contribution in [2.75, 3.05) is 6.54 Å². The van der Waals surface area contributed by atoms with E-state index in [4.69, 9.17) is 4.74 Å². The first-order valence-electron chi connectivity index (χ1n) is 9.05. The van der Waals surface area contributed by atoms with E-state index >= 15 is 0 Å². The maximum Gasteiger partial charge on any atom is 0.222 e. The molecule has 1 aromatic carbocycles. The minimum absolute atomic E-state index is 0.0576. The van der Waals surface area contributed by atoms with Crippen molar-refractivity contribution in [3.05, 3.63) is 29.8 Å². The minimum atomic E-state index is -0.0576. The molecule has 2 unspecified atom stereocenters. The number of hydrogen-bond donors (Lipinski definition) is 2. The maximum absolute atomic E-state index is 12.5. The first-order valence-corrected chi connectivity index (χ1v) is 9.05. The number of carbonyl (C=O) groups excluding carboxylic acids is 1. The summed E-state index contributed by atoms with van der Waals surface area (Å²) in [6, 6.07) is 8.64. The Balaban J connectivity index is 1.50. The molecule has 4 rings (SSSR count). The van der Waals surface area contributed by atoms with Gasteiger partial charge in [-0.25, -0.2) is 0 Å². The molecule has 1 amide bonds. The molecule has 0 bridgehead atoms. The van der Waals surface area contributed by atoms with Crippen molar-refractivity contribution >= 4 is 5.91 Å². The van der Waals surface area contributed by atoms with E-state index in [9.17, 15) is 4.79 Å². The van der Waals surface area contributed by atoms with Gasteiger partial charge in [-0.1, -0.05) is 18.2 Å². The molecule has 1 saturated heterocycles. The summed E-state index contributed by atoms with van der Waals surface area (Å²) in [6.45, 7) is 1.04. The molecular formula is C19H26N2O2. The molecule has 3 aliphatic rings. The Morgan fingerprint density at radius 3 is 2.87 bits per heavy atom. The van der Waals surface area contributed by atoms with Crippen LogP contribution in [0.2, 0.25) is 0 Å². The first-order chi connectivity index (χ1) is 11.2. The van der Waals surface area contributed by atoms with Gasteiger partial charge in [0.25, 0.3) is 0 Å². The molecular weight excluding hydrogens is 288 g/mol. The summed E-state index contributed by atoms with van der Waals surface area (Å²) in [5.41, 5.74) is 1.08. The highest BCUT2D eigenvalue weighted by Crippen LogP contribution is 2.46. The maximum atomic E-state index is 12.5. The predicted octanol–water partition coefficient (Wildman–Crippen LogP) is 3.08. The van der Waals surface area contributed by atoms with Crippen molar-refractivity contribution in [1.82, 2.24) is 10.6 Å². The van der Waals surface area contributed by atoms with Crippen LogP contribution in [0.3, 0.4) is 0 Å². The lowest BCUT2D eigenvalue weighted by atomic mass is 9.86. The largest absolute Gasteiger partial charge is 0.487 e. The smallest absolute Gasteiger partial charge is 0.222 e. The average molecular weight is 314 g/mol. The van der Waals surface area contributed by atoms with Gasteiger partial charge in [0.15, 0.2) is 0 Å². The highest BCUT2D eigenvalue weighted by Gasteiger charge is 2.43. The van der Waals surface area contributed by atoms with Crippen LogP contribution in [0.1, 0.15) is 63.0 Å². The number of amides is 1. The van der Waals surface area contributed by atoms with Gasteiger partial charge in [0.2, 0.25) is 5.91 Å². The van der Waals surface area contributed by atoms with Crippen LogP contribution in [0.5, 0.6) is 5.75 Å². The molecule has 1 saturated carbocycles. The summed E-state index contributed by atoms with van der Waals surface area (Å²) in [7, 11) is 0. The Morgan fingerprint density at radius 2 is 2.09 bits per heavy atom. The van der Waals surface area contributed by atoms with Gasteiger partial charge < -0.3 is 15.4 Å². The SMILES string of the molecule is O=C(CC1CCCN1)NC1CC2(CCCC2)Oc2ccccc21. The van der Waals surface area contributed by atoms with E-state index in [1.54, 1.807) is 0 Å². The lowest BCUT2D eigenvalue weighted by Gasteiger charge is -2.40. The Labute approximate surface area is 138 Å². The van der Waals surface area contributed by atoms with E-state index < -0.39 is 0 Å². The fourth-order valence-corrected chi connectivity index (χ4v) is 4.48. The molecule has 2 N–H and O–H groups in total. The van der Waals surface area contributed by atoms with Gasteiger partial charge in [0.1, 0.15) is 11.4 Å². The zero-order valence-electron chi connectivity index (χ0n) is 13.6. The molecule has 1 aromatic rings. The standard InChI is InChI=1S/C19H26N2O2/c22-18(12-14-6-5-11-20-14)21-16-13-19(9-3-4-10-19)23-17-8-2-1-7-15(16)17/h1-2,7-8,14,16,20H,3-6,9-13H2,(H,21,22). The summed E-state index contributed by atoms with van der Waals surface area (Å²) in [6.07, 6.45) is 8.47. The van der Waals surface area contributed by atoms with Crippen LogP contribution in [0.25, 0.3) is 0 Å². The topological polar surface area (TPSA) is 50.4 Å². The second-order valence-electron chi connectivity index (χ2n) is 7.35. The third-order valence-electron chi connectivity index (χ3n) is 5.64.